The van der Waals surface area contributed by atoms with Crippen molar-refractivity contribution in [1.29, 1.82) is 0 Å². The lowest BCUT2D eigenvalue weighted by molar-refractivity contribution is 0.282. The maximum Gasteiger partial charge on any atom is 0.120 e. The van der Waals surface area contributed by atoms with Crippen LogP contribution in [0.4, 0.5) is 0 Å². The Morgan fingerprint density at radius 3 is 2.39 bits per heavy atom. The Morgan fingerprint density at radius 1 is 1.00 bits per heavy atom. The van der Waals surface area contributed by atoms with Gasteiger partial charge in [0.25, 0.3) is 0 Å². The molecule has 1 N–H and O–H groups in total. The van der Waals surface area contributed by atoms with Crippen LogP contribution in [0.1, 0.15) is 11.1 Å². The molecule has 0 aliphatic heterocycles. The van der Waals surface area contributed by atoms with E-state index in [2.05, 4.69) is 0 Å². The molecule has 0 aliphatic carbocycles. The predicted octanol–water partition coefficient (Wildman–Crippen LogP) is 3.45. The highest BCUT2D eigenvalue weighted by Gasteiger charge is 1.97. The molecule has 18 heavy (non-hydrogen) atoms. The molecule has 0 fully saturated rings. The number of ether oxygens (including phenoxy) is 1. The third-order valence-corrected chi connectivity index (χ3v) is 2.90. The Bertz CT molecular complexity index is 494. The fourth-order valence-corrected chi connectivity index (χ4v) is 1.84. The minimum atomic E-state index is 0.0826. The molecule has 0 spiro atoms. The summed E-state index contributed by atoms with van der Waals surface area (Å²) in [5.74, 6) is 0.787. The van der Waals surface area contributed by atoms with E-state index in [1.807, 2.05) is 42.5 Å². The van der Waals surface area contributed by atoms with Gasteiger partial charge in [-0.15, -0.1) is 0 Å². The van der Waals surface area contributed by atoms with Crippen molar-refractivity contribution in [1.82, 2.24) is 0 Å². The normalized spacial score (nSPS) is 10.3. The van der Waals surface area contributed by atoms with Crippen molar-refractivity contribution in [3.63, 3.8) is 0 Å². The van der Waals surface area contributed by atoms with Crippen molar-refractivity contribution < 1.29 is 9.84 Å². The molecule has 3 heteroatoms. The van der Waals surface area contributed by atoms with Crippen LogP contribution < -0.4 is 4.74 Å². The molecule has 0 amide bonds. The van der Waals surface area contributed by atoms with Gasteiger partial charge in [-0.3, -0.25) is 0 Å². The minimum Gasteiger partial charge on any atom is -0.493 e. The topological polar surface area (TPSA) is 29.5 Å². The van der Waals surface area contributed by atoms with Crippen molar-refractivity contribution >= 4 is 11.6 Å². The van der Waals surface area contributed by atoms with E-state index in [0.29, 0.717) is 11.6 Å². The van der Waals surface area contributed by atoms with Gasteiger partial charge in [-0.2, -0.15) is 0 Å². The Hall–Kier alpha value is -1.51. The second-order valence-corrected chi connectivity index (χ2v) is 4.47. The average molecular weight is 263 g/mol. The van der Waals surface area contributed by atoms with E-state index in [9.17, 15) is 0 Å². The van der Waals surface area contributed by atoms with Crippen molar-refractivity contribution in [3.8, 4) is 5.75 Å². The lowest BCUT2D eigenvalue weighted by Gasteiger charge is -2.07. The van der Waals surface area contributed by atoms with Gasteiger partial charge >= 0.3 is 0 Å². The van der Waals surface area contributed by atoms with Crippen LogP contribution in [0, 0.1) is 0 Å². The number of aliphatic hydroxyl groups excluding tert-OH is 1. The highest BCUT2D eigenvalue weighted by Crippen LogP contribution is 2.17. The summed E-state index contributed by atoms with van der Waals surface area (Å²) in [5, 5.41) is 9.62. The van der Waals surface area contributed by atoms with Crippen LogP contribution in [0.2, 0.25) is 5.02 Å². The number of benzene rings is 2. The second-order valence-electron chi connectivity index (χ2n) is 4.03. The van der Waals surface area contributed by atoms with E-state index in [-0.39, 0.29) is 6.61 Å². The fourth-order valence-electron chi connectivity index (χ4n) is 1.65. The molecule has 94 valence electrons. The molecule has 2 aromatic carbocycles. The molecule has 0 heterocycles. The zero-order valence-corrected chi connectivity index (χ0v) is 10.7. The smallest absolute Gasteiger partial charge is 0.120 e. The number of halogens is 1. The molecule has 2 rings (SSSR count). The molecule has 0 aromatic heterocycles. The summed E-state index contributed by atoms with van der Waals surface area (Å²) < 4.78 is 5.61. The molecule has 0 saturated carbocycles. The van der Waals surface area contributed by atoms with Crippen LogP contribution in [-0.2, 0) is 13.0 Å². The maximum absolute atomic E-state index is 8.94. The van der Waals surface area contributed by atoms with Crippen LogP contribution in [0.3, 0.4) is 0 Å². The van der Waals surface area contributed by atoms with Gasteiger partial charge in [-0.25, -0.2) is 0 Å². The Kier molecular flexibility index (Phi) is 4.62. The van der Waals surface area contributed by atoms with Crippen LogP contribution in [0.5, 0.6) is 5.75 Å². The number of rotatable bonds is 5. The van der Waals surface area contributed by atoms with Gasteiger partial charge in [0.15, 0.2) is 0 Å². The van der Waals surface area contributed by atoms with Crippen molar-refractivity contribution in [3.05, 3.63) is 64.7 Å². The fraction of sp³-hybridized carbons (Fsp3) is 0.200. The number of hydrogen-bond acceptors (Lipinski definition) is 2. The molecule has 0 aliphatic rings. The minimum absolute atomic E-state index is 0.0826. The highest BCUT2D eigenvalue weighted by molar-refractivity contribution is 6.30. The Labute approximate surface area is 112 Å². The SMILES string of the molecule is OCc1ccc(CCOc2cccc(Cl)c2)cc1. The number of hydrogen-bond donors (Lipinski definition) is 1. The predicted molar refractivity (Wildman–Crippen MR) is 73.0 cm³/mol. The third-order valence-electron chi connectivity index (χ3n) is 2.66. The van der Waals surface area contributed by atoms with Crippen molar-refractivity contribution in [2.45, 2.75) is 13.0 Å². The molecule has 0 atom stereocenters. The monoisotopic (exact) mass is 262 g/mol. The summed E-state index contributed by atoms with van der Waals surface area (Å²) in [6.07, 6.45) is 0.832. The highest BCUT2D eigenvalue weighted by atomic mass is 35.5. The van der Waals surface area contributed by atoms with E-state index >= 15 is 0 Å². The van der Waals surface area contributed by atoms with Gasteiger partial charge < -0.3 is 9.84 Å². The first kappa shape index (κ1) is 12.9. The first-order valence-corrected chi connectivity index (χ1v) is 6.23. The molecule has 2 nitrogen and oxygen atoms in total. The third kappa shape index (κ3) is 3.76. The first-order valence-electron chi connectivity index (χ1n) is 5.85. The molecular formula is C15H15ClO2. The van der Waals surface area contributed by atoms with Gasteiger partial charge in [0.05, 0.1) is 13.2 Å². The Balaban J connectivity index is 1.84. The standard InChI is InChI=1S/C15H15ClO2/c16-14-2-1-3-15(10-14)18-9-8-12-4-6-13(11-17)7-5-12/h1-7,10,17H,8-9,11H2. The molecule has 0 radical (unpaired) electrons. The van der Waals surface area contributed by atoms with Gasteiger partial charge in [0.2, 0.25) is 0 Å². The molecular weight excluding hydrogens is 248 g/mol. The summed E-state index contributed by atoms with van der Waals surface area (Å²) in [6.45, 7) is 0.693. The zero-order valence-electron chi connectivity index (χ0n) is 9.97. The summed E-state index contributed by atoms with van der Waals surface area (Å²) in [4.78, 5) is 0. The van der Waals surface area contributed by atoms with Crippen LogP contribution >= 0.6 is 11.6 Å². The molecule has 0 unspecified atom stereocenters. The summed E-state index contributed by atoms with van der Waals surface area (Å²) in [6, 6.07) is 15.2. The van der Waals surface area contributed by atoms with E-state index in [1.54, 1.807) is 6.07 Å². The van der Waals surface area contributed by atoms with Gasteiger partial charge in [-0.1, -0.05) is 41.9 Å². The molecule has 0 saturated heterocycles. The summed E-state index contributed by atoms with van der Waals surface area (Å²) >= 11 is 5.87. The van der Waals surface area contributed by atoms with E-state index in [4.69, 9.17) is 21.4 Å². The van der Waals surface area contributed by atoms with E-state index in [1.165, 1.54) is 5.56 Å². The van der Waals surface area contributed by atoms with E-state index < -0.39 is 0 Å². The van der Waals surface area contributed by atoms with Crippen LogP contribution in [0.15, 0.2) is 48.5 Å². The largest absolute Gasteiger partial charge is 0.493 e. The van der Waals surface area contributed by atoms with Crippen molar-refractivity contribution in [2.24, 2.45) is 0 Å². The number of aliphatic hydroxyl groups is 1. The summed E-state index contributed by atoms with van der Waals surface area (Å²) in [5.41, 5.74) is 2.11. The van der Waals surface area contributed by atoms with Crippen LogP contribution in [0.25, 0.3) is 0 Å². The lowest BCUT2D eigenvalue weighted by Crippen LogP contribution is -2.01. The van der Waals surface area contributed by atoms with Crippen LogP contribution in [-0.4, -0.2) is 11.7 Å². The van der Waals surface area contributed by atoms with Gasteiger partial charge in [0, 0.05) is 11.4 Å². The Morgan fingerprint density at radius 2 is 1.72 bits per heavy atom. The molecule has 0 bridgehead atoms. The second kappa shape index (κ2) is 6.43. The quantitative estimate of drug-likeness (QED) is 0.894. The first-order chi connectivity index (χ1) is 8.78. The average Bonchev–Trinajstić information content (AvgIpc) is 2.40. The lowest BCUT2D eigenvalue weighted by atomic mass is 10.1. The van der Waals surface area contributed by atoms with E-state index in [0.717, 1.165) is 17.7 Å². The van der Waals surface area contributed by atoms with Crippen molar-refractivity contribution in [2.75, 3.05) is 6.61 Å². The maximum atomic E-state index is 8.94. The molecule has 2 aromatic rings. The van der Waals surface area contributed by atoms with Gasteiger partial charge in [0.1, 0.15) is 5.75 Å². The summed E-state index contributed by atoms with van der Waals surface area (Å²) in [7, 11) is 0. The zero-order chi connectivity index (χ0) is 12.8. The van der Waals surface area contributed by atoms with Gasteiger partial charge in [-0.05, 0) is 29.3 Å².